The Balaban J connectivity index is 2.09. The van der Waals surface area contributed by atoms with E-state index in [2.05, 4.69) is 15.1 Å². The van der Waals surface area contributed by atoms with Crippen LogP contribution in [0.25, 0.3) is 0 Å². The monoisotopic (exact) mass is 370 g/mol. The molecule has 1 atom stereocenters. The number of ketones is 1. The van der Waals surface area contributed by atoms with Gasteiger partial charge >= 0.3 is 0 Å². The maximum Gasteiger partial charge on any atom is 0.144 e. The van der Waals surface area contributed by atoms with E-state index in [0.717, 1.165) is 5.56 Å². The van der Waals surface area contributed by atoms with Crippen molar-refractivity contribution in [2.24, 2.45) is 16.0 Å². The average molecular weight is 371 g/mol. The molecular formula is C19H19ClN4O2. The third-order valence-electron chi connectivity index (χ3n) is 4.02. The molecule has 0 spiro atoms. The summed E-state index contributed by atoms with van der Waals surface area (Å²) in [5, 5.41) is 16.2. The number of benzene rings is 1. The van der Waals surface area contributed by atoms with Gasteiger partial charge in [-0.15, -0.1) is 0 Å². The van der Waals surface area contributed by atoms with Gasteiger partial charge in [-0.25, -0.2) is 0 Å². The topological polar surface area (TPSA) is 78.2 Å². The van der Waals surface area contributed by atoms with Crippen LogP contribution in [0.3, 0.4) is 0 Å². The summed E-state index contributed by atoms with van der Waals surface area (Å²) < 4.78 is 0. The number of aliphatic hydroxyl groups excluding tert-OH is 1. The van der Waals surface area contributed by atoms with Gasteiger partial charge in [0.05, 0.1) is 36.8 Å². The number of halogens is 1. The van der Waals surface area contributed by atoms with Crippen molar-refractivity contribution in [3.05, 3.63) is 59.4 Å². The highest BCUT2D eigenvalue weighted by atomic mass is 35.5. The molecule has 1 aliphatic rings. The average Bonchev–Trinajstić information content (AvgIpc) is 2.62. The number of nitrogens with zero attached hydrogens (tertiary/aromatic N) is 4. The lowest BCUT2D eigenvalue weighted by Crippen LogP contribution is -2.44. The van der Waals surface area contributed by atoms with Crippen LogP contribution in [0.2, 0.25) is 5.02 Å². The third-order valence-corrected chi connectivity index (χ3v) is 4.26. The second kappa shape index (κ2) is 8.21. The lowest BCUT2D eigenvalue weighted by molar-refractivity contribution is -0.117. The van der Waals surface area contributed by atoms with Gasteiger partial charge in [-0.1, -0.05) is 17.7 Å². The van der Waals surface area contributed by atoms with Gasteiger partial charge < -0.3 is 5.11 Å². The number of hydrogen-bond acceptors (Lipinski definition) is 6. The summed E-state index contributed by atoms with van der Waals surface area (Å²) in [5.74, 6) is -0.587. The van der Waals surface area contributed by atoms with E-state index in [1.807, 2.05) is 24.3 Å². The number of carbonyl (C=O) groups is 1. The molecule has 134 valence electrons. The number of β-amino-alcohol motifs (C(OH)–C–C–N with tert-alkyl or cyclic N) is 1. The molecule has 2 heterocycles. The summed E-state index contributed by atoms with van der Waals surface area (Å²) in [6, 6.07) is 10.8. The summed E-state index contributed by atoms with van der Waals surface area (Å²) >= 11 is 6.05. The number of Topliss-reactive ketones (excluding diaryl/α,β-unsaturated/α-hetero) is 1. The number of hydrogen-bond donors (Lipinski definition) is 1. The molecule has 1 aromatic heterocycles. The Morgan fingerprint density at radius 1 is 1.35 bits per heavy atom. The van der Waals surface area contributed by atoms with Gasteiger partial charge in [0, 0.05) is 23.0 Å². The molecule has 0 amide bonds. The standard InChI is InChI=1S/C19H19ClN4O2/c1-13(26)18-17(22-16-4-2-3-15(20)11-16)12-24(9-10-25)23-19(18)14-5-7-21-8-6-14/h2-8,11,18,25H,9-10,12H2,1H3. The van der Waals surface area contributed by atoms with Crippen molar-refractivity contribution in [2.45, 2.75) is 6.92 Å². The second-order valence-corrected chi connectivity index (χ2v) is 6.40. The molecule has 0 bridgehead atoms. The molecule has 1 unspecified atom stereocenters. The van der Waals surface area contributed by atoms with Gasteiger partial charge in [0.1, 0.15) is 11.7 Å². The van der Waals surface area contributed by atoms with E-state index in [1.165, 1.54) is 6.92 Å². The van der Waals surface area contributed by atoms with E-state index in [-0.39, 0.29) is 12.4 Å². The highest BCUT2D eigenvalue weighted by Gasteiger charge is 2.33. The maximum atomic E-state index is 12.4. The molecule has 1 aliphatic heterocycles. The van der Waals surface area contributed by atoms with Crippen molar-refractivity contribution >= 4 is 34.5 Å². The predicted molar refractivity (Wildman–Crippen MR) is 102 cm³/mol. The summed E-state index contributed by atoms with van der Waals surface area (Å²) in [7, 11) is 0. The molecule has 2 aromatic rings. The molecule has 1 aromatic carbocycles. The van der Waals surface area contributed by atoms with E-state index >= 15 is 0 Å². The van der Waals surface area contributed by atoms with E-state index in [1.54, 1.807) is 29.5 Å². The molecule has 26 heavy (non-hydrogen) atoms. The number of rotatable bonds is 5. The Morgan fingerprint density at radius 3 is 2.77 bits per heavy atom. The Hall–Kier alpha value is -2.57. The quantitative estimate of drug-likeness (QED) is 0.877. The molecule has 1 N–H and O–H groups in total. The number of hydrazone groups is 1. The highest BCUT2D eigenvalue weighted by molar-refractivity contribution is 6.31. The summed E-state index contributed by atoms with van der Waals surface area (Å²) in [6.45, 7) is 2.22. The van der Waals surface area contributed by atoms with Crippen LogP contribution in [0.4, 0.5) is 5.69 Å². The lowest BCUT2D eigenvalue weighted by atomic mass is 9.88. The van der Waals surface area contributed by atoms with E-state index < -0.39 is 5.92 Å². The fourth-order valence-corrected chi connectivity index (χ4v) is 3.10. The number of pyridine rings is 1. The summed E-state index contributed by atoms with van der Waals surface area (Å²) in [4.78, 5) is 21.1. The fraction of sp³-hybridized carbons (Fsp3) is 0.263. The first-order chi connectivity index (χ1) is 12.6. The maximum absolute atomic E-state index is 12.4. The highest BCUT2D eigenvalue weighted by Crippen LogP contribution is 2.24. The van der Waals surface area contributed by atoms with Crippen LogP contribution >= 0.6 is 11.6 Å². The van der Waals surface area contributed by atoms with Crippen LogP contribution in [0, 0.1) is 5.92 Å². The SMILES string of the molecule is CC(=O)C1C(=Nc2cccc(Cl)c2)CN(CCO)N=C1c1ccncc1. The number of carbonyl (C=O) groups excluding carboxylic acids is 1. The van der Waals surface area contributed by atoms with Gasteiger partial charge in [-0.05, 0) is 37.3 Å². The van der Waals surface area contributed by atoms with E-state index in [4.69, 9.17) is 11.6 Å². The Bertz CT molecular complexity index is 852. The smallest absolute Gasteiger partial charge is 0.144 e. The Kier molecular flexibility index (Phi) is 5.75. The number of aliphatic hydroxyl groups is 1. The van der Waals surface area contributed by atoms with Crippen molar-refractivity contribution in [3.8, 4) is 0 Å². The molecule has 0 radical (unpaired) electrons. The molecule has 7 heteroatoms. The normalized spacial score (nSPS) is 18.7. The van der Waals surface area contributed by atoms with Crippen LogP contribution in [0.15, 0.2) is 58.9 Å². The Labute approximate surface area is 156 Å². The second-order valence-electron chi connectivity index (χ2n) is 5.96. The number of aliphatic imine (C=N–C) groups is 1. The van der Waals surface area contributed by atoms with Gasteiger partial charge in [-0.2, -0.15) is 5.10 Å². The van der Waals surface area contributed by atoms with E-state index in [9.17, 15) is 9.90 Å². The molecule has 0 saturated carbocycles. The minimum Gasteiger partial charge on any atom is -0.394 e. The van der Waals surface area contributed by atoms with Crippen LogP contribution < -0.4 is 0 Å². The zero-order valence-corrected chi connectivity index (χ0v) is 15.1. The molecular weight excluding hydrogens is 352 g/mol. The summed E-state index contributed by atoms with van der Waals surface area (Å²) in [6.07, 6.45) is 3.32. The molecule has 0 aliphatic carbocycles. The van der Waals surface area contributed by atoms with Crippen molar-refractivity contribution in [2.75, 3.05) is 19.7 Å². The van der Waals surface area contributed by atoms with Crippen molar-refractivity contribution in [1.29, 1.82) is 0 Å². The predicted octanol–water partition coefficient (Wildman–Crippen LogP) is 2.72. The van der Waals surface area contributed by atoms with Crippen LogP contribution in [-0.2, 0) is 4.79 Å². The molecule has 6 nitrogen and oxygen atoms in total. The lowest BCUT2D eigenvalue weighted by Gasteiger charge is -2.31. The largest absolute Gasteiger partial charge is 0.394 e. The van der Waals surface area contributed by atoms with Gasteiger partial charge in [0.2, 0.25) is 0 Å². The first-order valence-electron chi connectivity index (χ1n) is 8.26. The molecule has 0 saturated heterocycles. The van der Waals surface area contributed by atoms with Crippen LogP contribution in [0.5, 0.6) is 0 Å². The van der Waals surface area contributed by atoms with Gasteiger partial charge in [0.25, 0.3) is 0 Å². The minimum absolute atomic E-state index is 0.0370. The van der Waals surface area contributed by atoms with E-state index in [0.29, 0.717) is 35.2 Å². The zero-order valence-electron chi connectivity index (χ0n) is 14.3. The van der Waals surface area contributed by atoms with Gasteiger partial charge in [0.15, 0.2) is 0 Å². The third kappa shape index (κ3) is 4.15. The van der Waals surface area contributed by atoms with Crippen molar-refractivity contribution in [3.63, 3.8) is 0 Å². The summed E-state index contributed by atoms with van der Waals surface area (Å²) in [5.41, 5.74) is 2.77. The molecule has 3 rings (SSSR count). The number of aromatic nitrogens is 1. The zero-order chi connectivity index (χ0) is 18.5. The first-order valence-corrected chi connectivity index (χ1v) is 8.64. The first kappa shape index (κ1) is 18.2. The van der Waals surface area contributed by atoms with Crippen molar-refractivity contribution in [1.82, 2.24) is 9.99 Å². The molecule has 0 fully saturated rings. The minimum atomic E-state index is -0.550. The van der Waals surface area contributed by atoms with Crippen LogP contribution in [0.1, 0.15) is 12.5 Å². The van der Waals surface area contributed by atoms with Crippen molar-refractivity contribution < 1.29 is 9.90 Å². The van der Waals surface area contributed by atoms with Crippen LogP contribution in [-0.4, -0.2) is 52.0 Å². The fourth-order valence-electron chi connectivity index (χ4n) is 2.91. The Morgan fingerprint density at radius 2 is 2.12 bits per heavy atom. The van der Waals surface area contributed by atoms with Gasteiger partial charge in [-0.3, -0.25) is 19.8 Å².